The second kappa shape index (κ2) is 9.96. The first kappa shape index (κ1) is 27.2. The average molecular weight is 597 g/mol. The SMILES string of the molecule is O=C(Cn1nc(C(F)F)c2c1C(F)(F)C1CC21)NC(Cc1cc(F)cc(F)c1)c1ncccc1-c1ccc2[nH]ncc2c1. The second-order valence-electron chi connectivity index (χ2n) is 10.9. The van der Waals surface area contributed by atoms with Crippen LogP contribution in [-0.2, 0) is 23.7 Å². The topological polar surface area (TPSA) is 88.5 Å². The van der Waals surface area contributed by atoms with Crippen molar-refractivity contribution in [1.82, 2.24) is 30.3 Å². The fourth-order valence-electron chi connectivity index (χ4n) is 6.18. The predicted octanol–water partition coefficient (Wildman–Crippen LogP) is 6.35. The number of rotatable bonds is 8. The van der Waals surface area contributed by atoms with Gasteiger partial charge in [0, 0.05) is 34.7 Å². The fraction of sp³-hybridized carbons (Fsp3) is 0.267. The van der Waals surface area contributed by atoms with Gasteiger partial charge in [-0.15, -0.1) is 0 Å². The van der Waals surface area contributed by atoms with Crippen molar-refractivity contribution in [2.45, 2.75) is 43.7 Å². The van der Waals surface area contributed by atoms with Crippen molar-refractivity contribution in [3.05, 3.63) is 101 Å². The molecule has 0 saturated heterocycles. The third-order valence-electron chi connectivity index (χ3n) is 8.08. The number of carbonyl (C=O) groups is 1. The number of pyridine rings is 1. The Hall–Kier alpha value is -4.68. The Balaban J connectivity index is 1.25. The number of H-pyrrole nitrogens is 1. The zero-order valence-electron chi connectivity index (χ0n) is 22.2. The second-order valence-corrected chi connectivity index (χ2v) is 10.9. The number of aromatic nitrogens is 5. The summed E-state index contributed by atoms with van der Waals surface area (Å²) in [6.07, 6.45) is 0.0321. The Morgan fingerprint density at radius 1 is 1.09 bits per heavy atom. The van der Waals surface area contributed by atoms with E-state index < -0.39 is 65.7 Å². The van der Waals surface area contributed by atoms with E-state index in [1.54, 1.807) is 18.3 Å². The summed E-state index contributed by atoms with van der Waals surface area (Å²) in [5.74, 6) is -7.63. The monoisotopic (exact) mass is 596 g/mol. The van der Waals surface area contributed by atoms with Crippen LogP contribution >= 0.6 is 0 Å². The molecule has 3 unspecified atom stereocenters. The van der Waals surface area contributed by atoms with E-state index in [9.17, 15) is 22.4 Å². The van der Waals surface area contributed by atoms with Crippen molar-refractivity contribution in [2.75, 3.05) is 0 Å². The highest BCUT2D eigenvalue weighted by Crippen LogP contribution is 2.68. The number of fused-ring (bicyclic) bond motifs is 4. The van der Waals surface area contributed by atoms with E-state index in [1.807, 2.05) is 18.2 Å². The Morgan fingerprint density at radius 3 is 2.65 bits per heavy atom. The summed E-state index contributed by atoms with van der Waals surface area (Å²) in [4.78, 5) is 17.9. The first-order valence-corrected chi connectivity index (χ1v) is 13.5. The molecule has 1 amide bonds. The van der Waals surface area contributed by atoms with Gasteiger partial charge in [0.25, 0.3) is 12.3 Å². The van der Waals surface area contributed by atoms with E-state index in [1.165, 1.54) is 6.20 Å². The summed E-state index contributed by atoms with van der Waals surface area (Å²) in [5, 5.41) is 14.1. The van der Waals surface area contributed by atoms with E-state index in [-0.39, 0.29) is 24.0 Å². The molecule has 0 radical (unpaired) electrons. The number of carbonyl (C=O) groups excluding carboxylic acids is 1. The minimum Gasteiger partial charge on any atom is -0.346 e. The van der Waals surface area contributed by atoms with Crippen molar-refractivity contribution < 1.29 is 31.1 Å². The predicted molar refractivity (Wildman–Crippen MR) is 142 cm³/mol. The molecule has 0 bridgehead atoms. The van der Waals surface area contributed by atoms with E-state index in [0.29, 0.717) is 27.6 Å². The maximum atomic E-state index is 15.1. The van der Waals surface area contributed by atoms with Crippen LogP contribution in [0.15, 0.2) is 60.9 Å². The van der Waals surface area contributed by atoms with Crippen LogP contribution in [0.25, 0.3) is 22.0 Å². The number of aromatic amines is 1. The van der Waals surface area contributed by atoms with Gasteiger partial charge in [0.15, 0.2) is 0 Å². The molecular weight excluding hydrogens is 574 g/mol. The highest BCUT2D eigenvalue weighted by molar-refractivity contribution is 5.85. The number of hydrogen-bond donors (Lipinski definition) is 2. The quantitative estimate of drug-likeness (QED) is 0.205. The van der Waals surface area contributed by atoms with Gasteiger partial charge in [-0.3, -0.25) is 19.6 Å². The summed E-state index contributed by atoms with van der Waals surface area (Å²) in [6.45, 7) is -0.763. The van der Waals surface area contributed by atoms with Gasteiger partial charge in [-0.1, -0.05) is 12.1 Å². The lowest BCUT2D eigenvalue weighted by Gasteiger charge is -2.22. The lowest BCUT2D eigenvalue weighted by atomic mass is 9.95. The number of amides is 1. The van der Waals surface area contributed by atoms with E-state index in [4.69, 9.17) is 0 Å². The van der Waals surface area contributed by atoms with Crippen LogP contribution in [0, 0.1) is 17.6 Å². The van der Waals surface area contributed by atoms with Crippen LogP contribution in [0.4, 0.5) is 26.3 Å². The molecule has 1 fully saturated rings. The number of benzene rings is 2. The van der Waals surface area contributed by atoms with Gasteiger partial charge in [-0.2, -0.15) is 19.0 Å². The number of nitrogens with one attached hydrogen (secondary N) is 2. The van der Waals surface area contributed by atoms with Gasteiger partial charge in [0.05, 0.1) is 23.4 Å². The van der Waals surface area contributed by atoms with Gasteiger partial charge in [0.2, 0.25) is 5.91 Å². The lowest BCUT2D eigenvalue weighted by molar-refractivity contribution is -0.123. The van der Waals surface area contributed by atoms with Crippen LogP contribution in [0.2, 0.25) is 0 Å². The lowest BCUT2D eigenvalue weighted by Crippen LogP contribution is -2.35. The van der Waals surface area contributed by atoms with Crippen molar-refractivity contribution in [3.8, 4) is 11.1 Å². The molecule has 2 aromatic carbocycles. The summed E-state index contributed by atoms with van der Waals surface area (Å²) in [5.41, 5.74) is 1.08. The molecule has 3 heterocycles. The van der Waals surface area contributed by atoms with Gasteiger partial charge >= 0.3 is 0 Å². The van der Waals surface area contributed by atoms with Crippen molar-refractivity contribution in [1.29, 1.82) is 0 Å². The number of nitrogens with zero attached hydrogens (tertiary/aromatic N) is 4. The van der Waals surface area contributed by atoms with Crippen LogP contribution in [-0.4, -0.2) is 30.9 Å². The maximum absolute atomic E-state index is 15.1. The number of halogens is 6. The zero-order valence-corrected chi connectivity index (χ0v) is 22.2. The third kappa shape index (κ3) is 4.72. The molecule has 7 rings (SSSR count). The van der Waals surface area contributed by atoms with Gasteiger partial charge < -0.3 is 5.32 Å². The summed E-state index contributed by atoms with van der Waals surface area (Å²) in [6, 6.07) is 10.9. The molecule has 0 spiro atoms. The standard InChI is InChI=1S/C30H22F6N6O/c31-17-6-14(7-18(32)10-17)8-23(26-19(2-1-5-37-26)15-3-4-22-16(9-15)12-38-40-22)39-24(43)13-42-28-25(27(41-42)29(33)34)20-11-21(20)30(28,35)36/h1-7,9-10,12,20-21,23,29H,8,11,13H2,(H,38,40)(H,39,43). The van der Waals surface area contributed by atoms with Crippen molar-refractivity contribution in [2.24, 2.45) is 5.92 Å². The molecule has 2 aliphatic carbocycles. The summed E-state index contributed by atoms with van der Waals surface area (Å²) >= 11 is 0. The Morgan fingerprint density at radius 2 is 1.88 bits per heavy atom. The molecule has 1 saturated carbocycles. The fourth-order valence-corrected chi connectivity index (χ4v) is 6.18. The summed E-state index contributed by atoms with van der Waals surface area (Å²) in [7, 11) is 0. The van der Waals surface area contributed by atoms with Gasteiger partial charge in [-0.25, -0.2) is 17.6 Å². The zero-order chi connectivity index (χ0) is 30.0. The molecule has 2 N–H and O–H groups in total. The van der Waals surface area contributed by atoms with Crippen LogP contribution in [0.5, 0.6) is 0 Å². The molecule has 5 aromatic rings. The van der Waals surface area contributed by atoms with E-state index in [2.05, 4.69) is 25.6 Å². The minimum atomic E-state index is -3.39. The first-order chi connectivity index (χ1) is 20.6. The Bertz CT molecular complexity index is 1860. The third-order valence-corrected chi connectivity index (χ3v) is 8.08. The molecule has 13 heteroatoms. The van der Waals surface area contributed by atoms with E-state index in [0.717, 1.165) is 23.0 Å². The average Bonchev–Trinajstić information content (AvgIpc) is 3.36. The molecule has 0 aliphatic heterocycles. The molecular formula is C30H22F6N6O. The molecule has 3 aromatic heterocycles. The number of hydrogen-bond acceptors (Lipinski definition) is 4. The Labute approximate surface area is 239 Å². The largest absolute Gasteiger partial charge is 0.346 e. The highest BCUT2D eigenvalue weighted by Gasteiger charge is 2.67. The van der Waals surface area contributed by atoms with Crippen LogP contribution in [0.1, 0.15) is 53.0 Å². The maximum Gasteiger partial charge on any atom is 0.293 e. The highest BCUT2D eigenvalue weighted by atomic mass is 19.3. The molecule has 7 nitrogen and oxygen atoms in total. The molecule has 2 aliphatic rings. The minimum absolute atomic E-state index is 0.0942. The van der Waals surface area contributed by atoms with Crippen molar-refractivity contribution >= 4 is 16.8 Å². The molecule has 3 atom stereocenters. The normalized spacial score (nSPS) is 19.0. The Kier molecular flexibility index (Phi) is 6.29. The number of alkyl halides is 4. The molecule has 43 heavy (non-hydrogen) atoms. The first-order valence-electron chi connectivity index (χ1n) is 13.5. The van der Waals surface area contributed by atoms with Crippen molar-refractivity contribution in [3.63, 3.8) is 0 Å². The van der Waals surface area contributed by atoms with Crippen LogP contribution in [0.3, 0.4) is 0 Å². The van der Waals surface area contributed by atoms with Crippen LogP contribution < -0.4 is 5.32 Å². The molecule has 220 valence electrons. The van der Waals surface area contributed by atoms with Gasteiger partial charge in [0.1, 0.15) is 29.6 Å². The van der Waals surface area contributed by atoms with E-state index >= 15 is 8.78 Å². The van der Waals surface area contributed by atoms with Gasteiger partial charge in [-0.05, 0) is 60.2 Å². The smallest absolute Gasteiger partial charge is 0.293 e. The summed E-state index contributed by atoms with van der Waals surface area (Å²) < 4.78 is 86.4.